The van der Waals surface area contributed by atoms with E-state index in [0.29, 0.717) is 29.8 Å². The average Bonchev–Trinajstić information content (AvgIpc) is 2.46. The maximum atomic E-state index is 13.7. The summed E-state index contributed by atoms with van der Waals surface area (Å²) in [5.41, 5.74) is 1.19. The molecule has 0 saturated carbocycles. The van der Waals surface area contributed by atoms with E-state index in [1.54, 1.807) is 4.90 Å². The van der Waals surface area contributed by atoms with E-state index >= 15 is 0 Å². The SMILES string of the molecule is Fc1cc2c(c(CN3CCC[C@@H](C(F)(F)F)C3)c1)OCOC2. The summed E-state index contributed by atoms with van der Waals surface area (Å²) >= 11 is 0. The number of hydrogen-bond donors (Lipinski definition) is 0. The molecule has 3 rings (SSSR count). The van der Waals surface area contributed by atoms with Crippen LogP contribution in [0.3, 0.4) is 0 Å². The molecule has 0 spiro atoms. The van der Waals surface area contributed by atoms with Crippen molar-refractivity contribution in [2.75, 3.05) is 19.9 Å². The fourth-order valence-corrected chi connectivity index (χ4v) is 3.08. The third-order valence-electron chi connectivity index (χ3n) is 4.11. The maximum absolute atomic E-state index is 13.7. The summed E-state index contributed by atoms with van der Waals surface area (Å²) in [6.07, 6.45) is -3.53. The number of halogens is 4. The number of benzene rings is 1. The van der Waals surface area contributed by atoms with E-state index in [1.165, 1.54) is 12.1 Å². The summed E-state index contributed by atoms with van der Waals surface area (Å²) in [7, 11) is 0. The van der Waals surface area contributed by atoms with Gasteiger partial charge in [0, 0.05) is 24.2 Å². The minimum Gasteiger partial charge on any atom is -0.467 e. The average molecular weight is 319 g/mol. The molecule has 7 heteroatoms. The van der Waals surface area contributed by atoms with Crippen LogP contribution in [-0.4, -0.2) is 31.0 Å². The number of ether oxygens (including phenoxy) is 2. The van der Waals surface area contributed by atoms with Crippen LogP contribution in [0.1, 0.15) is 24.0 Å². The molecule has 1 fully saturated rings. The molecule has 2 aliphatic rings. The summed E-state index contributed by atoms with van der Waals surface area (Å²) in [5.74, 6) is -1.19. The van der Waals surface area contributed by atoms with Crippen molar-refractivity contribution in [3.05, 3.63) is 29.1 Å². The van der Waals surface area contributed by atoms with Gasteiger partial charge < -0.3 is 9.47 Å². The maximum Gasteiger partial charge on any atom is 0.393 e. The third kappa shape index (κ3) is 3.35. The highest BCUT2D eigenvalue weighted by Gasteiger charge is 2.41. The summed E-state index contributed by atoms with van der Waals surface area (Å²) < 4.78 is 62.8. The molecule has 0 unspecified atom stereocenters. The molecule has 0 radical (unpaired) electrons. The molecule has 0 N–H and O–H groups in total. The van der Waals surface area contributed by atoms with Crippen LogP contribution in [0.4, 0.5) is 17.6 Å². The molecule has 2 aliphatic heterocycles. The Morgan fingerprint density at radius 2 is 2.09 bits per heavy atom. The van der Waals surface area contributed by atoms with Gasteiger partial charge in [0.15, 0.2) is 6.79 Å². The lowest BCUT2D eigenvalue weighted by molar-refractivity contribution is -0.187. The molecular formula is C15H17F4NO2. The zero-order chi connectivity index (χ0) is 15.7. The van der Waals surface area contributed by atoms with E-state index in [2.05, 4.69) is 0 Å². The van der Waals surface area contributed by atoms with Gasteiger partial charge in [0.2, 0.25) is 0 Å². The van der Waals surface area contributed by atoms with E-state index < -0.39 is 17.9 Å². The summed E-state index contributed by atoms with van der Waals surface area (Å²) in [6, 6.07) is 2.67. The predicted octanol–water partition coefficient (Wildman–Crippen LogP) is 3.47. The van der Waals surface area contributed by atoms with Gasteiger partial charge in [-0.3, -0.25) is 4.90 Å². The second kappa shape index (κ2) is 6.04. The quantitative estimate of drug-likeness (QED) is 0.779. The van der Waals surface area contributed by atoms with Crippen molar-refractivity contribution < 1.29 is 27.0 Å². The number of rotatable bonds is 2. The van der Waals surface area contributed by atoms with Crippen LogP contribution < -0.4 is 4.74 Å². The Morgan fingerprint density at radius 1 is 1.27 bits per heavy atom. The molecule has 1 aromatic rings. The van der Waals surface area contributed by atoms with Crippen LogP contribution in [0.15, 0.2) is 12.1 Å². The summed E-state index contributed by atoms with van der Waals surface area (Å²) in [6.45, 7) is 1.12. The first-order valence-electron chi connectivity index (χ1n) is 7.24. The molecule has 1 aromatic carbocycles. The van der Waals surface area contributed by atoms with Gasteiger partial charge in [-0.2, -0.15) is 13.2 Å². The molecule has 1 saturated heterocycles. The lowest BCUT2D eigenvalue weighted by Crippen LogP contribution is -2.41. The van der Waals surface area contributed by atoms with E-state index in [-0.39, 0.29) is 32.9 Å². The largest absolute Gasteiger partial charge is 0.467 e. The highest BCUT2D eigenvalue weighted by molar-refractivity contribution is 5.42. The standard InChI is InChI=1S/C15H17F4NO2/c16-13-4-10(14-11(5-13)8-21-9-22-14)6-20-3-1-2-12(7-20)15(17,18)19/h4-5,12H,1-3,6-9H2/t12-/m1/s1. The van der Waals surface area contributed by atoms with Crippen LogP contribution in [0.2, 0.25) is 0 Å². The lowest BCUT2D eigenvalue weighted by Gasteiger charge is -2.34. The molecule has 22 heavy (non-hydrogen) atoms. The molecule has 2 heterocycles. The lowest BCUT2D eigenvalue weighted by atomic mass is 9.96. The van der Waals surface area contributed by atoms with Gasteiger partial charge in [-0.15, -0.1) is 0 Å². The molecule has 0 amide bonds. The number of fused-ring (bicyclic) bond motifs is 1. The second-order valence-corrected chi connectivity index (χ2v) is 5.78. The molecule has 0 aromatic heterocycles. The number of piperidine rings is 1. The van der Waals surface area contributed by atoms with Crippen molar-refractivity contribution in [1.82, 2.24) is 4.90 Å². The monoisotopic (exact) mass is 319 g/mol. The van der Waals surface area contributed by atoms with Gasteiger partial charge in [0.25, 0.3) is 0 Å². The minimum absolute atomic E-state index is 0.0503. The summed E-state index contributed by atoms with van der Waals surface area (Å²) in [4.78, 5) is 1.72. The normalized spacial score (nSPS) is 23.0. The van der Waals surface area contributed by atoms with Gasteiger partial charge in [-0.1, -0.05) is 0 Å². The zero-order valence-corrected chi connectivity index (χ0v) is 12.0. The van der Waals surface area contributed by atoms with Crippen LogP contribution in [0, 0.1) is 11.7 Å². The van der Waals surface area contributed by atoms with Gasteiger partial charge in [-0.05, 0) is 31.5 Å². The third-order valence-corrected chi connectivity index (χ3v) is 4.11. The molecule has 0 bridgehead atoms. The Morgan fingerprint density at radius 3 is 2.86 bits per heavy atom. The Labute approximate surface area is 125 Å². The molecule has 122 valence electrons. The molecule has 0 aliphatic carbocycles. The number of hydrogen-bond acceptors (Lipinski definition) is 3. The van der Waals surface area contributed by atoms with Crippen LogP contribution in [0.25, 0.3) is 0 Å². The number of nitrogens with zero attached hydrogens (tertiary/aromatic N) is 1. The fourth-order valence-electron chi connectivity index (χ4n) is 3.08. The Balaban J connectivity index is 1.77. The Hall–Kier alpha value is -1.34. The minimum atomic E-state index is -4.18. The first-order valence-corrected chi connectivity index (χ1v) is 7.24. The van der Waals surface area contributed by atoms with E-state index in [0.717, 1.165) is 0 Å². The Kier molecular flexibility index (Phi) is 4.27. The van der Waals surface area contributed by atoms with Gasteiger partial charge in [-0.25, -0.2) is 4.39 Å². The molecule has 1 atom stereocenters. The smallest absolute Gasteiger partial charge is 0.393 e. The highest BCUT2D eigenvalue weighted by Crippen LogP contribution is 2.35. The van der Waals surface area contributed by atoms with Crippen molar-refractivity contribution in [3.63, 3.8) is 0 Å². The Bertz CT molecular complexity index is 547. The summed E-state index contributed by atoms with van der Waals surface area (Å²) in [5, 5.41) is 0. The van der Waals surface area contributed by atoms with Crippen LogP contribution in [0.5, 0.6) is 5.75 Å². The van der Waals surface area contributed by atoms with Crippen LogP contribution >= 0.6 is 0 Å². The predicted molar refractivity (Wildman–Crippen MR) is 70.7 cm³/mol. The van der Waals surface area contributed by atoms with Crippen LogP contribution in [-0.2, 0) is 17.9 Å². The first-order chi connectivity index (χ1) is 10.4. The van der Waals surface area contributed by atoms with E-state index in [9.17, 15) is 17.6 Å². The van der Waals surface area contributed by atoms with E-state index in [1.807, 2.05) is 0 Å². The van der Waals surface area contributed by atoms with Crippen molar-refractivity contribution in [2.45, 2.75) is 32.2 Å². The number of likely N-dealkylation sites (tertiary alicyclic amines) is 1. The first kappa shape index (κ1) is 15.6. The molecule has 3 nitrogen and oxygen atoms in total. The van der Waals surface area contributed by atoms with E-state index in [4.69, 9.17) is 9.47 Å². The van der Waals surface area contributed by atoms with Crippen molar-refractivity contribution >= 4 is 0 Å². The number of alkyl halides is 3. The van der Waals surface area contributed by atoms with Gasteiger partial charge >= 0.3 is 6.18 Å². The highest BCUT2D eigenvalue weighted by atomic mass is 19.4. The topological polar surface area (TPSA) is 21.7 Å². The second-order valence-electron chi connectivity index (χ2n) is 5.78. The van der Waals surface area contributed by atoms with Gasteiger partial charge in [0.1, 0.15) is 11.6 Å². The zero-order valence-electron chi connectivity index (χ0n) is 12.0. The van der Waals surface area contributed by atoms with Gasteiger partial charge in [0.05, 0.1) is 12.5 Å². The van der Waals surface area contributed by atoms with Crippen molar-refractivity contribution in [2.24, 2.45) is 5.92 Å². The fraction of sp³-hybridized carbons (Fsp3) is 0.600. The van der Waals surface area contributed by atoms with Crippen molar-refractivity contribution in [1.29, 1.82) is 0 Å². The van der Waals surface area contributed by atoms with Crippen molar-refractivity contribution in [3.8, 4) is 5.75 Å². The molecular weight excluding hydrogens is 302 g/mol.